The van der Waals surface area contributed by atoms with Crippen LogP contribution >= 0.6 is 0 Å². The summed E-state index contributed by atoms with van der Waals surface area (Å²) in [5.74, 6) is 1.99. The lowest BCUT2D eigenvalue weighted by Gasteiger charge is -1.99. The zero-order valence-corrected chi connectivity index (χ0v) is 12.0. The smallest absolute Gasteiger partial charge is 0.197 e. The van der Waals surface area contributed by atoms with Gasteiger partial charge in [0, 0.05) is 11.5 Å². The highest BCUT2D eigenvalue weighted by atomic mass is 16.4. The highest BCUT2D eigenvalue weighted by Gasteiger charge is 2.10. The summed E-state index contributed by atoms with van der Waals surface area (Å²) in [7, 11) is 0. The molecule has 0 amide bonds. The van der Waals surface area contributed by atoms with Crippen LogP contribution in [0.5, 0.6) is 0 Å². The van der Waals surface area contributed by atoms with Crippen molar-refractivity contribution in [1.82, 2.24) is 4.98 Å². The Bertz CT molecular complexity index is 461. The lowest BCUT2D eigenvalue weighted by Crippen LogP contribution is -1.84. The van der Waals surface area contributed by atoms with Crippen molar-refractivity contribution in [3.63, 3.8) is 0 Å². The van der Waals surface area contributed by atoms with E-state index >= 15 is 0 Å². The molecule has 0 spiro atoms. The Morgan fingerprint density at radius 3 is 2.61 bits per heavy atom. The van der Waals surface area contributed by atoms with Gasteiger partial charge >= 0.3 is 0 Å². The van der Waals surface area contributed by atoms with Crippen LogP contribution < -0.4 is 0 Å². The van der Waals surface area contributed by atoms with Crippen molar-refractivity contribution in [3.05, 3.63) is 47.7 Å². The summed E-state index contributed by atoms with van der Waals surface area (Å²) in [6, 6.07) is 0. The predicted octanol–water partition coefficient (Wildman–Crippen LogP) is 5.11. The van der Waals surface area contributed by atoms with Gasteiger partial charge in [-0.25, -0.2) is 4.98 Å². The lowest BCUT2D eigenvalue weighted by atomic mass is 10.1. The first kappa shape index (κ1) is 14.5. The topological polar surface area (TPSA) is 26.0 Å². The zero-order valence-electron chi connectivity index (χ0n) is 12.0. The summed E-state index contributed by atoms with van der Waals surface area (Å²) in [5, 5.41) is 0. The molecule has 1 aromatic rings. The zero-order chi connectivity index (χ0) is 13.5. The van der Waals surface area contributed by atoms with Crippen LogP contribution in [0.3, 0.4) is 0 Å². The first-order valence-corrected chi connectivity index (χ1v) is 6.67. The van der Waals surface area contributed by atoms with Crippen molar-refractivity contribution in [2.75, 3.05) is 0 Å². The van der Waals surface area contributed by atoms with E-state index in [4.69, 9.17) is 4.42 Å². The van der Waals surface area contributed by atoms with Crippen LogP contribution in [0, 0.1) is 0 Å². The number of aromatic nitrogens is 1. The molecule has 1 aromatic heterocycles. The number of nitrogens with zero attached hydrogens (tertiary/aromatic N) is 1. The van der Waals surface area contributed by atoms with E-state index in [2.05, 4.69) is 50.1 Å². The normalized spacial score (nSPS) is 14.6. The fraction of sp³-hybridized carbons (Fsp3) is 0.438. The minimum Gasteiger partial charge on any atom is -0.440 e. The van der Waals surface area contributed by atoms with E-state index in [1.165, 1.54) is 5.57 Å². The van der Waals surface area contributed by atoms with Crippen molar-refractivity contribution < 1.29 is 4.42 Å². The van der Waals surface area contributed by atoms with Gasteiger partial charge in [0.15, 0.2) is 11.7 Å². The Kier molecular flexibility index (Phi) is 5.63. The van der Waals surface area contributed by atoms with Crippen molar-refractivity contribution in [2.45, 2.75) is 47.0 Å². The van der Waals surface area contributed by atoms with E-state index < -0.39 is 0 Å². The molecular weight excluding hydrogens is 222 g/mol. The summed E-state index contributed by atoms with van der Waals surface area (Å²) >= 11 is 0. The van der Waals surface area contributed by atoms with E-state index in [-0.39, 0.29) is 0 Å². The number of hydrogen-bond acceptors (Lipinski definition) is 2. The average Bonchev–Trinajstić information content (AvgIpc) is 2.76. The first-order valence-electron chi connectivity index (χ1n) is 6.67. The Labute approximate surface area is 110 Å². The Hall–Kier alpha value is -1.57. The van der Waals surface area contributed by atoms with E-state index in [0.717, 1.165) is 23.6 Å². The molecule has 1 aliphatic rings. The van der Waals surface area contributed by atoms with Gasteiger partial charge in [0.1, 0.15) is 0 Å². The molecule has 1 heterocycles. The molecule has 2 rings (SSSR count). The van der Waals surface area contributed by atoms with Gasteiger partial charge in [0.25, 0.3) is 0 Å². The molecule has 0 aromatic carbocycles. The standard InChI is InChI=1S/C14H17NO.C2H6/c1-10(2)14-15-9-13(16-14)12-7-5-4-6-11(3)8-12;1-2/h4-5,7-10H,6H2,1-3H3;1-2H3. The fourth-order valence-electron chi connectivity index (χ4n) is 1.64. The molecule has 0 radical (unpaired) electrons. The van der Waals surface area contributed by atoms with Gasteiger partial charge < -0.3 is 4.42 Å². The van der Waals surface area contributed by atoms with E-state index in [1.807, 2.05) is 20.0 Å². The van der Waals surface area contributed by atoms with Gasteiger partial charge in [-0.3, -0.25) is 0 Å². The van der Waals surface area contributed by atoms with Crippen LogP contribution in [-0.2, 0) is 0 Å². The number of oxazole rings is 1. The Balaban J connectivity index is 0.000000771. The second-order valence-corrected chi connectivity index (χ2v) is 4.46. The van der Waals surface area contributed by atoms with Crippen LogP contribution in [0.15, 0.2) is 40.5 Å². The monoisotopic (exact) mass is 245 g/mol. The number of hydrogen-bond donors (Lipinski definition) is 0. The van der Waals surface area contributed by atoms with Crippen LogP contribution in [-0.4, -0.2) is 4.98 Å². The summed E-state index contributed by atoms with van der Waals surface area (Å²) in [5.41, 5.74) is 2.44. The summed E-state index contributed by atoms with van der Waals surface area (Å²) in [6.45, 7) is 10.3. The molecule has 0 unspecified atom stereocenters. The van der Waals surface area contributed by atoms with E-state index in [1.54, 1.807) is 0 Å². The summed E-state index contributed by atoms with van der Waals surface area (Å²) in [6.07, 6.45) is 11.3. The highest BCUT2D eigenvalue weighted by molar-refractivity contribution is 5.73. The molecule has 2 nitrogen and oxygen atoms in total. The van der Waals surface area contributed by atoms with Gasteiger partial charge in [-0.1, -0.05) is 57.6 Å². The van der Waals surface area contributed by atoms with Crippen LogP contribution in [0.1, 0.15) is 58.6 Å². The largest absolute Gasteiger partial charge is 0.440 e. The number of allylic oxidation sites excluding steroid dienone is 6. The molecule has 2 heteroatoms. The van der Waals surface area contributed by atoms with Gasteiger partial charge in [0.2, 0.25) is 0 Å². The Morgan fingerprint density at radius 1 is 1.28 bits per heavy atom. The molecule has 0 saturated carbocycles. The van der Waals surface area contributed by atoms with Gasteiger partial charge in [0.05, 0.1) is 6.20 Å². The summed E-state index contributed by atoms with van der Waals surface area (Å²) < 4.78 is 5.73. The first-order chi connectivity index (χ1) is 8.66. The highest BCUT2D eigenvalue weighted by Crippen LogP contribution is 2.24. The molecule has 0 aliphatic heterocycles. The summed E-state index contributed by atoms with van der Waals surface area (Å²) in [4.78, 5) is 4.29. The third-order valence-electron chi connectivity index (χ3n) is 2.56. The van der Waals surface area contributed by atoms with Gasteiger partial charge in [-0.15, -0.1) is 0 Å². The minimum atomic E-state index is 0.334. The van der Waals surface area contributed by atoms with Crippen molar-refractivity contribution in [3.8, 4) is 0 Å². The van der Waals surface area contributed by atoms with Crippen LogP contribution in [0.2, 0.25) is 0 Å². The quantitative estimate of drug-likeness (QED) is 0.723. The molecule has 0 N–H and O–H groups in total. The second kappa shape index (κ2) is 7.00. The van der Waals surface area contributed by atoms with Crippen molar-refractivity contribution >= 4 is 5.57 Å². The van der Waals surface area contributed by atoms with E-state index in [0.29, 0.717) is 5.92 Å². The molecule has 0 bridgehead atoms. The van der Waals surface area contributed by atoms with Gasteiger partial charge in [-0.2, -0.15) is 0 Å². The predicted molar refractivity (Wildman–Crippen MR) is 77.4 cm³/mol. The number of rotatable bonds is 2. The minimum absolute atomic E-state index is 0.334. The average molecular weight is 245 g/mol. The van der Waals surface area contributed by atoms with E-state index in [9.17, 15) is 0 Å². The van der Waals surface area contributed by atoms with Crippen molar-refractivity contribution in [1.29, 1.82) is 0 Å². The fourth-order valence-corrected chi connectivity index (χ4v) is 1.64. The Morgan fingerprint density at radius 2 is 2.00 bits per heavy atom. The molecule has 0 saturated heterocycles. The molecule has 98 valence electrons. The molecule has 1 aliphatic carbocycles. The maximum Gasteiger partial charge on any atom is 0.197 e. The second-order valence-electron chi connectivity index (χ2n) is 4.46. The molecule has 18 heavy (non-hydrogen) atoms. The van der Waals surface area contributed by atoms with Crippen LogP contribution in [0.25, 0.3) is 5.57 Å². The maximum absolute atomic E-state index is 5.73. The third-order valence-corrected chi connectivity index (χ3v) is 2.56. The molecule has 0 fully saturated rings. The maximum atomic E-state index is 5.73. The SMILES string of the molecule is CC.CC1=CC(c2cnc(C(C)C)o2)=CC=CC1. The van der Waals surface area contributed by atoms with Gasteiger partial charge in [-0.05, 0) is 13.3 Å². The molecule has 0 atom stereocenters. The molecular formula is C16H23NO. The van der Waals surface area contributed by atoms with Crippen molar-refractivity contribution in [2.24, 2.45) is 0 Å². The lowest BCUT2D eigenvalue weighted by molar-refractivity contribution is 0.463. The van der Waals surface area contributed by atoms with Crippen LogP contribution in [0.4, 0.5) is 0 Å². The third kappa shape index (κ3) is 3.73.